The fraction of sp³-hybridized carbons (Fsp3) is 0.421. The summed E-state index contributed by atoms with van der Waals surface area (Å²) in [5.41, 5.74) is 1.68. The number of carbonyl (C=O) groups is 1. The van der Waals surface area contributed by atoms with Crippen molar-refractivity contribution in [3.63, 3.8) is 0 Å². The SMILES string of the molecule is Cc1c(-c2nnc(C(=O)NC3CCC(C)CC3)o2)oc2ccccc12. The number of fused-ring (bicyclic) bond motifs is 1. The van der Waals surface area contributed by atoms with Crippen LogP contribution in [0.15, 0.2) is 33.1 Å². The van der Waals surface area contributed by atoms with Crippen LogP contribution in [0, 0.1) is 12.8 Å². The maximum absolute atomic E-state index is 12.4. The zero-order valence-electron chi connectivity index (χ0n) is 14.4. The van der Waals surface area contributed by atoms with E-state index in [1.165, 1.54) is 0 Å². The molecule has 0 atom stereocenters. The van der Waals surface area contributed by atoms with Gasteiger partial charge in [-0.1, -0.05) is 25.1 Å². The Morgan fingerprint density at radius 3 is 2.64 bits per heavy atom. The van der Waals surface area contributed by atoms with Crippen LogP contribution in [0.3, 0.4) is 0 Å². The first kappa shape index (κ1) is 15.9. The van der Waals surface area contributed by atoms with Gasteiger partial charge in [-0.05, 0) is 44.6 Å². The number of hydrogen-bond acceptors (Lipinski definition) is 5. The summed E-state index contributed by atoms with van der Waals surface area (Å²) < 4.78 is 11.4. The molecule has 0 bridgehead atoms. The molecule has 130 valence electrons. The molecule has 1 amide bonds. The summed E-state index contributed by atoms with van der Waals surface area (Å²) in [6, 6.07) is 7.91. The number of aryl methyl sites for hydroxylation is 1. The highest BCUT2D eigenvalue weighted by molar-refractivity contribution is 5.90. The Balaban J connectivity index is 1.53. The summed E-state index contributed by atoms with van der Waals surface area (Å²) in [5.74, 6) is 1.15. The third-order valence-corrected chi connectivity index (χ3v) is 5.01. The highest BCUT2D eigenvalue weighted by Crippen LogP contribution is 2.32. The van der Waals surface area contributed by atoms with Gasteiger partial charge in [-0.2, -0.15) is 0 Å². The van der Waals surface area contributed by atoms with Crippen LogP contribution in [0.5, 0.6) is 0 Å². The summed E-state index contributed by atoms with van der Waals surface area (Å²) >= 11 is 0. The minimum absolute atomic E-state index is 0.0199. The Morgan fingerprint density at radius 1 is 1.12 bits per heavy atom. The van der Waals surface area contributed by atoms with Gasteiger partial charge in [-0.3, -0.25) is 4.79 Å². The summed E-state index contributed by atoms with van der Waals surface area (Å²) in [6.45, 7) is 4.19. The lowest BCUT2D eigenvalue weighted by Crippen LogP contribution is -2.37. The number of para-hydroxylation sites is 1. The fourth-order valence-corrected chi connectivity index (χ4v) is 3.44. The number of hydrogen-bond donors (Lipinski definition) is 1. The number of carbonyl (C=O) groups excluding carboxylic acids is 1. The van der Waals surface area contributed by atoms with E-state index in [0.29, 0.717) is 5.76 Å². The highest BCUT2D eigenvalue weighted by atomic mass is 16.4. The highest BCUT2D eigenvalue weighted by Gasteiger charge is 2.24. The van der Waals surface area contributed by atoms with E-state index in [1.807, 2.05) is 31.2 Å². The first-order chi connectivity index (χ1) is 12.1. The molecule has 4 rings (SSSR count). The van der Waals surface area contributed by atoms with Gasteiger partial charge in [0.25, 0.3) is 5.89 Å². The largest absolute Gasteiger partial charge is 0.451 e. The second-order valence-electron chi connectivity index (χ2n) is 6.89. The standard InChI is InChI=1S/C19H21N3O3/c1-11-7-9-13(10-8-11)20-17(23)19-22-21-18(25-19)16-12(2)14-5-3-4-6-15(14)24-16/h3-6,11,13H,7-10H2,1-2H3,(H,20,23). The smallest absolute Gasteiger partial charge is 0.309 e. The molecule has 0 radical (unpaired) electrons. The molecule has 6 heteroatoms. The molecule has 3 aromatic rings. The van der Waals surface area contributed by atoms with Crippen LogP contribution >= 0.6 is 0 Å². The Bertz CT molecular complexity index is 904. The predicted octanol–water partition coefficient (Wildman–Crippen LogP) is 4.10. The van der Waals surface area contributed by atoms with Crippen LogP contribution < -0.4 is 5.32 Å². The number of benzene rings is 1. The minimum atomic E-state index is -0.313. The topological polar surface area (TPSA) is 81.2 Å². The van der Waals surface area contributed by atoms with Gasteiger partial charge in [0.15, 0.2) is 5.76 Å². The predicted molar refractivity (Wildman–Crippen MR) is 93.1 cm³/mol. The van der Waals surface area contributed by atoms with Gasteiger partial charge in [-0.15, -0.1) is 10.2 Å². The molecule has 0 saturated heterocycles. The van der Waals surface area contributed by atoms with Crippen molar-refractivity contribution >= 4 is 16.9 Å². The van der Waals surface area contributed by atoms with Crippen LogP contribution in [-0.4, -0.2) is 22.1 Å². The summed E-state index contributed by atoms with van der Waals surface area (Å²) in [5, 5.41) is 11.9. The van der Waals surface area contributed by atoms with E-state index >= 15 is 0 Å². The third kappa shape index (κ3) is 3.04. The molecule has 6 nitrogen and oxygen atoms in total. The molecule has 2 aromatic heterocycles. The fourth-order valence-electron chi connectivity index (χ4n) is 3.44. The first-order valence-electron chi connectivity index (χ1n) is 8.74. The lowest BCUT2D eigenvalue weighted by molar-refractivity contribution is 0.0888. The first-order valence-corrected chi connectivity index (χ1v) is 8.74. The maximum atomic E-state index is 12.4. The number of furan rings is 1. The van der Waals surface area contributed by atoms with Gasteiger partial charge in [0, 0.05) is 17.0 Å². The molecule has 25 heavy (non-hydrogen) atoms. The van der Waals surface area contributed by atoms with E-state index < -0.39 is 0 Å². The van der Waals surface area contributed by atoms with Gasteiger partial charge < -0.3 is 14.2 Å². The molecule has 1 aliphatic rings. The molecule has 1 saturated carbocycles. The lowest BCUT2D eigenvalue weighted by Gasteiger charge is -2.26. The molecule has 1 fully saturated rings. The second-order valence-corrected chi connectivity index (χ2v) is 6.89. The normalized spacial score (nSPS) is 20.7. The van der Waals surface area contributed by atoms with Crippen LogP contribution in [-0.2, 0) is 0 Å². The van der Waals surface area contributed by atoms with E-state index in [1.54, 1.807) is 0 Å². The third-order valence-electron chi connectivity index (χ3n) is 5.01. The van der Waals surface area contributed by atoms with Crippen LogP contribution in [0.25, 0.3) is 22.6 Å². The molecule has 1 N–H and O–H groups in total. The lowest BCUT2D eigenvalue weighted by atomic mass is 9.87. The van der Waals surface area contributed by atoms with E-state index in [4.69, 9.17) is 8.83 Å². The van der Waals surface area contributed by atoms with E-state index in [-0.39, 0.29) is 23.7 Å². The van der Waals surface area contributed by atoms with Gasteiger partial charge in [0.1, 0.15) is 5.58 Å². The second kappa shape index (κ2) is 6.35. The number of aromatic nitrogens is 2. The average Bonchev–Trinajstić information content (AvgIpc) is 3.22. The van der Waals surface area contributed by atoms with Crippen molar-refractivity contribution in [3.8, 4) is 11.7 Å². The summed E-state index contributed by atoms with van der Waals surface area (Å²) in [4.78, 5) is 12.4. The molecule has 0 aliphatic heterocycles. The van der Waals surface area contributed by atoms with Crippen LogP contribution in [0.2, 0.25) is 0 Å². The number of nitrogens with one attached hydrogen (secondary N) is 1. The van der Waals surface area contributed by atoms with E-state index in [2.05, 4.69) is 22.4 Å². The van der Waals surface area contributed by atoms with Crippen molar-refractivity contribution in [1.29, 1.82) is 0 Å². The Morgan fingerprint density at radius 2 is 1.88 bits per heavy atom. The van der Waals surface area contributed by atoms with Crippen molar-refractivity contribution in [2.45, 2.75) is 45.6 Å². The number of amides is 1. The van der Waals surface area contributed by atoms with Crippen molar-refractivity contribution in [3.05, 3.63) is 35.7 Å². The van der Waals surface area contributed by atoms with E-state index in [9.17, 15) is 4.79 Å². The Labute approximate surface area is 145 Å². The Kier molecular flexibility index (Phi) is 4.03. The number of rotatable bonds is 3. The molecular weight excluding hydrogens is 318 g/mol. The zero-order valence-corrected chi connectivity index (χ0v) is 14.4. The molecular formula is C19H21N3O3. The van der Waals surface area contributed by atoms with Crippen LogP contribution in [0.4, 0.5) is 0 Å². The molecule has 0 unspecified atom stereocenters. The van der Waals surface area contributed by atoms with E-state index in [0.717, 1.165) is 48.1 Å². The van der Waals surface area contributed by atoms with Gasteiger partial charge in [0.2, 0.25) is 0 Å². The van der Waals surface area contributed by atoms with Crippen LogP contribution in [0.1, 0.15) is 48.9 Å². The maximum Gasteiger partial charge on any atom is 0.309 e. The Hall–Kier alpha value is -2.63. The van der Waals surface area contributed by atoms with Crippen molar-refractivity contribution in [1.82, 2.24) is 15.5 Å². The van der Waals surface area contributed by atoms with Crippen molar-refractivity contribution < 1.29 is 13.6 Å². The monoisotopic (exact) mass is 339 g/mol. The van der Waals surface area contributed by atoms with Crippen molar-refractivity contribution in [2.75, 3.05) is 0 Å². The van der Waals surface area contributed by atoms with Gasteiger partial charge in [-0.25, -0.2) is 0 Å². The molecule has 1 aromatic carbocycles. The quantitative estimate of drug-likeness (QED) is 0.777. The van der Waals surface area contributed by atoms with Gasteiger partial charge in [0.05, 0.1) is 0 Å². The molecule has 1 aliphatic carbocycles. The summed E-state index contributed by atoms with van der Waals surface area (Å²) in [6.07, 6.45) is 4.27. The van der Waals surface area contributed by atoms with Gasteiger partial charge >= 0.3 is 11.8 Å². The molecule has 2 heterocycles. The average molecular weight is 339 g/mol. The van der Waals surface area contributed by atoms with Crippen molar-refractivity contribution in [2.24, 2.45) is 5.92 Å². The zero-order chi connectivity index (χ0) is 17.4. The summed E-state index contributed by atoms with van der Waals surface area (Å²) in [7, 11) is 0. The molecule has 0 spiro atoms. The number of nitrogens with zero attached hydrogens (tertiary/aromatic N) is 2. The minimum Gasteiger partial charge on any atom is -0.451 e.